The molecule has 0 spiro atoms. The molecule has 2 nitrogen and oxygen atoms in total. The van der Waals surface area contributed by atoms with E-state index in [0.29, 0.717) is 6.04 Å². The predicted octanol–water partition coefficient (Wildman–Crippen LogP) is 4.07. The van der Waals surface area contributed by atoms with Crippen LogP contribution in [0.4, 0.5) is 0 Å². The minimum atomic E-state index is 0.230. The van der Waals surface area contributed by atoms with Gasteiger partial charge in [-0.15, -0.1) is 0 Å². The fourth-order valence-electron chi connectivity index (χ4n) is 4.18. The number of benzene rings is 1. The van der Waals surface area contributed by atoms with Crippen LogP contribution in [-0.4, -0.2) is 31.6 Å². The average molecular weight is 288 g/mol. The van der Waals surface area contributed by atoms with Crippen molar-refractivity contribution in [2.24, 2.45) is 5.92 Å². The van der Waals surface area contributed by atoms with Crippen LogP contribution in [0.3, 0.4) is 0 Å². The highest BCUT2D eigenvalue weighted by atomic mass is 15.2. The molecular formula is C19H32N2. The Labute approximate surface area is 130 Å². The van der Waals surface area contributed by atoms with Gasteiger partial charge in [0.1, 0.15) is 0 Å². The van der Waals surface area contributed by atoms with Crippen LogP contribution in [0.15, 0.2) is 18.2 Å². The zero-order valence-electron chi connectivity index (χ0n) is 14.7. The van der Waals surface area contributed by atoms with Crippen LogP contribution in [0.1, 0.15) is 55.3 Å². The number of aryl methyl sites for hydroxylation is 2. The Morgan fingerprint density at radius 2 is 1.95 bits per heavy atom. The standard InChI is InChI=1S/C19H32N2/c1-14-8-7-11-19(13-14,21(5)6)18(20-4)17-10-9-15(2)16(3)12-17/h9-10,12,14,18,20H,7-8,11,13H2,1-6H3. The van der Waals surface area contributed by atoms with Gasteiger partial charge in [-0.25, -0.2) is 0 Å². The first-order valence-corrected chi connectivity index (χ1v) is 8.32. The van der Waals surface area contributed by atoms with E-state index in [9.17, 15) is 0 Å². The van der Waals surface area contributed by atoms with Crippen molar-refractivity contribution in [3.63, 3.8) is 0 Å². The van der Waals surface area contributed by atoms with Gasteiger partial charge in [0.05, 0.1) is 6.04 Å². The maximum Gasteiger partial charge on any atom is 0.0504 e. The highest BCUT2D eigenvalue weighted by Crippen LogP contribution is 2.44. The molecule has 3 atom stereocenters. The van der Waals surface area contributed by atoms with E-state index in [1.54, 1.807) is 0 Å². The molecule has 1 aromatic carbocycles. The Kier molecular flexibility index (Phi) is 5.11. The minimum absolute atomic E-state index is 0.230. The molecule has 0 radical (unpaired) electrons. The summed E-state index contributed by atoms with van der Waals surface area (Å²) < 4.78 is 0. The Hall–Kier alpha value is -0.860. The van der Waals surface area contributed by atoms with Crippen LogP contribution >= 0.6 is 0 Å². The van der Waals surface area contributed by atoms with Crippen molar-refractivity contribution in [2.75, 3.05) is 21.1 Å². The minimum Gasteiger partial charge on any atom is -0.311 e. The number of likely N-dealkylation sites (N-methyl/N-ethyl adjacent to an activating group) is 2. The summed E-state index contributed by atoms with van der Waals surface area (Å²) in [6.07, 6.45) is 5.27. The lowest BCUT2D eigenvalue weighted by Crippen LogP contribution is -2.55. The van der Waals surface area contributed by atoms with E-state index in [-0.39, 0.29) is 5.54 Å². The summed E-state index contributed by atoms with van der Waals surface area (Å²) in [6.45, 7) is 6.82. The third-order valence-corrected chi connectivity index (χ3v) is 5.59. The third-order valence-electron chi connectivity index (χ3n) is 5.59. The van der Waals surface area contributed by atoms with Gasteiger partial charge in [0.2, 0.25) is 0 Å². The lowest BCUT2D eigenvalue weighted by molar-refractivity contribution is 0.0393. The van der Waals surface area contributed by atoms with Crippen molar-refractivity contribution in [3.8, 4) is 0 Å². The van der Waals surface area contributed by atoms with Gasteiger partial charge < -0.3 is 10.2 Å². The monoisotopic (exact) mass is 288 g/mol. The van der Waals surface area contributed by atoms with Crippen LogP contribution in [0.2, 0.25) is 0 Å². The molecule has 0 aromatic heterocycles. The van der Waals surface area contributed by atoms with E-state index in [1.165, 1.54) is 42.4 Å². The Balaban J connectivity index is 2.42. The van der Waals surface area contributed by atoms with Gasteiger partial charge in [-0.05, 0) is 70.4 Å². The molecule has 1 aromatic rings. The molecule has 2 rings (SSSR count). The Morgan fingerprint density at radius 1 is 1.24 bits per heavy atom. The van der Waals surface area contributed by atoms with Crippen molar-refractivity contribution in [3.05, 3.63) is 34.9 Å². The topological polar surface area (TPSA) is 15.3 Å². The third kappa shape index (κ3) is 3.17. The van der Waals surface area contributed by atoms with E-state index in [2.05, 4.69) is 70.3 Å². The molecule has 118 valence electrons. The summed E-state index contributed by atoms with van der Waals surface area (Å²) in [5.74, 6) is 0.809. The number of hydrogen-bond donors (Lipinski definition) is 1. The number of hydrogen-bond acceptors (Lipinski definition) is 2. The quantitative estimate of drug-likeness (QED) is 0.898. The van der Waals surface area contributed by atoms with Crippen molar-refractivity contribution in [1.82, 2.24) is 10.2 Å². The summed E-state index contributed by atoms with van der Waals surface area (Å²) >= 11 is 0. The average Bonchev–Trinajstić information content (AvgIpc) is 2.43. The summed E-state index contributed by atoms with van der Waals surface area (Å²) in [7, 11) is 6.62. The normalized spacial score (nSPS) is 27.9. The molecule has 0 saturated heterocycles. The van der Waals surface area contributed by atoms with E-state index in [0.717, 1.165) is 5.92 Å². The van der Waals surface area contributed by atoms with Crippen LogP contribution in [0, 0.1) is 19.8 Å². The van der Waals surface area contributed by atoms with Gasteiger partial charge in [0.15, 0.2) is 0 Å². The Bertz CT molecular complexity index is 480. The van der Waals surface area contributed by atoms with Crippen molar-refractivity contribution >= 4 is 0 Å². The molecule has 2 heteroatoms. The zero-order chi connectivity index (χ0) is 15.6. The number of nitrogens with one attached hydrogen (secondary N) is 1. The van der Waals surface area contributed by atoms with Crippen LogP contribution < -0.4 is 5.32 Å². The molecule has 0 bridgehead atoms. The highest BCUT2D eigenvalue weighted by Gasteiger charge is 2.43. The van der Waals surface area contributed by atoms with Crippen LogP contribution in [-0.2, 0) is 0 Å². The molecule has 1 N–H and O–H groups in total. The fourth-order valence-corrected chi connectivity index (χ4v) is 4.18. The second kappa shape index (κ2) is 6.50. The van der Waals surface area contributed by atoms with E-state index < -0.39 is 0 Å². The van der Waals surface area contributed by atoms with Crippen molar-refractivity contribution in [2.45, 2.75) is 58.0 Å². The first-order valence-electron chi connectivity index (χ1n) is 8.32. The molecule has 0 amide bonds. The summed E-state index contributed by atoms with van der Waals surface area (Å²) in [5.41, 5.74) is 4.44. The largest absolute Gasteiger partial charge is 0.311 e. The van der Waals surface area contributed by atoms with Crippen LogP contribution in [0.25, 0.3) is 0 Å². The molecule has 3 unspecified atom stereocenters. The van der Waals surface area contributed by atoms with Gasteiger partial charge in [-0.3, -0.25) is 0 Å². The lowest BCUT2D eigenvalue weighted by Gasteiger charge is -2.50. The summed E-state index contributed by atoms with van der Waals surface area (Å²) in [4.78, 5) is 2.47. The molecule has 0 aliphatic heterocycles. The first kappa shape index (κ1) is 16.5. The van der Waals surface area contributed by atoms with Gasteiger partial charge in [-0.1, -0.05) is 38.0 Å². The van der Waals surface area contributed by atoms with Crippen molar-refractivity contribution in [1.29, 1.82) is 0 Å². The number of nitrogens with zero attached hydrogens (tertiary/aromatic N) is 1. The highest BCUT2D eigenvalue weighted by molar-refractivity contribution is 5.33. The van der Waals surface area contributed by atoms with Gasteiger partial charge in [-0.2, -0.15) is 0 Å². The predicted molar refractivity (Wildman–Crippen MR) is 91.8 cm³/mol. The van der Waals surface area contributed by atoms with Gasteiger partial charge in [0.25, 0.3) is 0 Å². The van der Waals surface area contributed by atoms with Gasteiger partial charge >= 0.3 is 0 Å². The fraction of sp³-hybridized carbons (Fsp3) is 0.684. The molecule has 0 heterocycles. The van der Waals surface area contributed by atoms with E-state index >= 15 is 0 Å². The molecule has 1 aliphatic carbocycles. The molecular weight excluding hydrogens is 256 g/mol. The molecule has 21 heavy (non-hydrogen) atoms. The molecule has 1 fully saturated rings. The zero-order valence-corrected chi connectivity index (χ0v) is 14.7. The summed E-state index contributed by atoms with van der Waals surface area (Å²) in [5, 5.41) is 3.64. The second-order valence-corrected chi connectivity index (χ2v) is 7.26. The van der Waals surface area contributed by atoms with E-state index in [4.69, 9.17) is 0 Å². The number of rotatable bonds is 4. The Morgan fingerprint density at radius 3 is 2.48 bits per heavy atom. The molecule has 1 saturated carbocycles. The summed E-state index contributed by atoms with van der Waals surface area (Å²) in [6, 6.07) is 7.36. The maximum atomic E-state index is 3.64. The SMILES string of the molecule is CNC(c1ccc(C)c(C)c1)C1(N(C)C)CCCC(C)C1. The first-order chi connectivity index (χ1) is 9.90. The van der Waals surface area contributed by atoms with Crippen LogP contribution in [0.5, 0.6) is 0 Å². The van der Waals surface area contributed by atoms with Gasteiger partial charge in [0, 0.05) is 5.54 Å². The van der Waals surface area contributed by atoms with E-state index in [1.807, 2.05) is 0 Å². The molecule has 1 aliphatic rings. The smallest absolute Gasteiger partial charge is 0.0504 e. The second-order valence-electron chi connectivity index (χ2n) is 7.26. The maximum absolute atomic E-state index is 3.64. The van der Waals surface area contributed by atoms with Crippen molar-refractivity contribution < 1.29 is 0 Å². The lowest BCUT2D eigenvalue weighted by atomic mass is 9.69.